The Kier molecular flexibility index (Phi) is 8.94. The maximum Gasteiger partial charge on any atom is 0.349 e. The van der Waals surface area contributed by atoms with Crippen LogP contribution in [0.5, 0.6) is 28.7 Å². The topological polar surface area (TPSA) is 156 Å². The highest BCUT2D eigenvalue weighted by Gasteiger charge is 2.32. The molecule has 3 aromatic rings. The molecule has 1 atom stereocenters. The molecule has 0 amide bonds. The van der Waals surface area contributed by atoms with E-state index in [1.54, 1.807) is 37.4 Å². The summed E-state index contributed by atoms with van der Waals surface area (Å²) in [5.74, 6) is 0.537. The fourth-order valence-electron chi connectivity index (χ4n) is 4.26. The maximum atomic E-state index is 12.4. The van der Waals surface area contributed by atoms with Crippen LogP contribution < -0.4 is 29.4 Å². The number of hydrogen-bond acceptors (Lipinski definition) is 10. The van der Waals surface area contributed by atoms with Gasteiger partial charge in [0.05, 0.1) is 24.6 Å². The zero-order chi connectivity index (χ0) is 29.5. The van der Waals surface area contributed by atoms with E-state index < -0.39 is 23.4 Å². The van der Waals surface area contributed by atoms with Crippen molar-refractivity contribution < 1.29 is 33.4 Å². The first-order valence-corrected chi connectivity index (χ1v) is 12.8. The predicted molar refractivity (Wildman–Crippen MR) is 148 cm³/mol. The van der Waals surface area contributed by atoms with E-state index in [2.05, 4.69) is 19.9 Å². The van der Waals surface area contributed by atoms with Crippen LogP contribution in [0.2, 0.25) is 0 Å². The first-order chi connectivity index (χ1) is 19.7. The molecule has 1 aliphatic rings. The quantitative estimate of drug-likeness (QED) is 0.143. The van der Waals surface area contributed by atoms with Crippen molar-refractivity contribution in [2.75, 3.05) is 20.3 Å². The van der Waals surface area contributed by atoms with Crippen molar-refractivity contribution in [1.29, 1.82) is 5.26 Å². The summed E-state index contributed by atoms with van der Waals surface area (Å²) in [5, 5.41) is 21.1. The lowest BCUT2D eigenvalue weighted by molar-refractivity contribution is -0.385. The van der Waals surface area contributed by atoms with E-state index in [0.717, 1.165) is 12.0 Å². The number of hydrogen-bond donors (Lipinski definition) is 1. The third-order valence-electron chi connectivity index (χ3n) is 6.30. The first-order valence-electron chi connectivity index (χ1n) is 12.8. The van der Waals surface area contributed by atoms with Crippen LogP contribution in [0, 0.1) is 27.4 Å². The van der Waals surface area contributed by atoms with Crippen molar-refractivity contribution in [3.8, 4) is 34.8 Å². The van der Waals surface area contributed by atoms with E-state index in [-0.39, 0.29) is 28.6 Å². The lowest BCUT2D eigenvalue weighted by Crippen LogP contribution is -2.22. The van der Waals surface area contributed by atoms with Crippen molar-refractivity contribution >= 4 is 11.7 Å². The van der Waals surface area contributed by atoms with Gasteiger partial charge in [0.15, 0.2) is 23.9 Å². The number of carbonyl (C=O) groups is 1. The fourth-order valence-corrected chi connectivity index (χ4v) is 4.26. The van der Waals surface area contributed by atoms with E-state index in [4.69, 9.17) is 29.4 Å². The van der Waals surface area contributed by atoms with Gasteiger partial charge in [-0.25, -0.2) is 4.79 Å². The third kappa shape index (κ3) is 6.67. The van der Waals surface area contributed by atoms with Gasteiger partial charge in [-0.2, -0.15) is 5.26 Å². The van der Waals surface area contributed by atoms with Gasteiger partial charge in [-0.05, 0) is 42.2 Å². The van der Waals surface area contributed by atoms with Gasteiger partial charge < -0.3 is 29.4 Å². The highest BCUT2D eigenvalue weighted by molar-refractivity contribution is 5.74. The van der Waals surface area contributed by atoms with Crippen LogP contribution in [0.1, 0.15) is 37.3 Å². The molecule has 2 N–H and O–H groups in total. The van der Waals surface area contributed by atoms with Gasteiger partial charge in [0, 0.05) is 17.7 Å². The number of nitro groups is 1. The summed E-state index contributed by atoms with van der Waals surface area (Å²) in [7, 11) is 1.54. The number of para-hydroxylation sites is 2. The van der Waals surface area contributed by atoms with Crippen molar-refractivity contribution in [2.45, 2.75) is 26.2 Å². The molecule has 4 rings (SSSR count). The second kappa shape index (κ2) is 12.7. The Morgan fingerprint density at radius 2 is 1.88 bits per heavy atom. The van der Waals surface area contributed by atoms with Gasteiger partial charge in [0.1, 0.15) is 23.1 Å². The van der Waals surface area contributed by atoms with Crippen LogP contribution in [0.15, 0.2) is 72.1 Å². The van der Waals surface area contributed by atoms with Crippen LogP contribution in [0.25, 0.3) is 0 Å². The molecule has 0 aliphatic carbocycles. The molecule has 0 saturated carbocycles. The second-order valence-electron chi connectivity index (χ2n) is 9.55. The summed E-state index contributed by atoms with van der Waals surface area (Å²) in [5.41, 5.74) is 7.43. The van der Waals surface area contributed by atoms with Gasteiger partial charge >= 0.3 is 11.7 Å². The minimum Gasteiger partial charge on any atom is -0.493 e. The number of nitrogens with two attached hydrogens (primary N) is 1. The molecule has 1 unspecified atom stereocenters. The highest BCUT2D eigenvalue weighted by Crippen LogP contribution is 2.45. The number of nitro benzene ring substituents is 1. The Bertz CT molecular complexity index is 1530. The molecule has 1 aliphatic heterocycles. The molecule has 0 radical (unpaired) electrons. The maximum absolute atomic E-state index is 12.4. The molecule has 41 heavy (non-hydrogen) atoms. The van der Waals surface area contributed by atoms with Gasteiger partial charge in [-0.1, -0.05) is 38.1 Å². The normalized spacial score (nSPS) is 14.0. The lowest BCUT2D eigenvalue weighted by Gasteiger charge is -2.27. The zero-order valence-electron chi connectivity index (χ0n) is 22.8. The zero-order valence-corrected chi connectivity index (χ0v) is 22.8. The van der Waals surface area contributed by atoms with E-state index in [0.29, 0.717) is 35.3 Å². The van der Waals surface area contributed by atoms with Gasteiger partial charge in [0.25, 0.3) is 0 Å². The third-order valence-corrected chi connectivity index (χ3v) is 6.30. The molecule has 0 spiro atoms. The number of allylic oxidation sites excluding steroid dienone is 1. The number of nitriles is 1. The van der Waals surface area contributed by atoms with Crippen LogP contribution in [-0.4, -0.2) is 31.2 Å². The monoisotopic (exact) mass is 559 g/mol. The molecule has 11 heteroatoms. The molecule has 0 saturated heterocycles. The molecule has 0 fully saturated rings. The lowest BCUT2D eigenvalue weighted by atomic mass is 9.83. The van der Waals surface area contributed by atoms with E-state index >= 15 is 0 Å². The van der Waals surface area contributed by atoms with Crippen molar-refractivity contribution in [1.82, 2.24) is 0 Å². The van der Waals surface area contributed by atoms with Gasteiger partial charge in [-0.3, -0.25) is 10.1 Å². The molecule has 11 nitrogen and oxygen atoms in total. The Hall–Kier alpha value is -5.24. The standard InChI is InChI=1S/C30H29N3O8/c1-18(2)12-13-38-25-11-8-19(14-27(25)37-3)29-21-10-9-20(15-26(21)41-30(32)22(29)16-31)40-28(34)17-39-24-7-5-4-6-23(24)33(35)36/h4-11,14-15,18,29H,12-13,17,32H2,1-3H3. The summed E-state index contributed by atoms with van der Waals surface area (Å²) in [6.07, 6.45) is 0.890. The average molecular weight is 560 g/mol. The van der Waals surface area contributed by atoms with E-state index in [1.807, 2.05) is 6.07 Å². The number of fused-ring (bicyclic) bond motifs is 1. The van der Waals surface area contributed by atoms with Crippen LogP contribution in [0.3, 0.4) is 0 Å². The second-order valence-corrected chi connectivity index (χ2v) is 9.55. The van der Waals surface area contributed by atoms with Crippen molar-refractivity contribution in [2.24, 2.45) is 11.7 Å². The van der Waals surface area contributed by atoms with Crippen LogP contribution in [0.4, 0.5) is 5.69 Å². The molecular weight excluding hydrogens is 530 g/mol. The van der Waals surface area contributed by atoms with Crippen molar-refractivity contribution in [3.05, 3.63) is 93.4 Å². The number of ether oxygens (including phenoxy) is 5. The average Bonchev–Trinajstić information content (AvgIpc) is 2.95. The Morgan fingerprint density at radius 1 is 1.10 bits per heavy atom. The van der Waals surface area contributed by atoms with Gasteiger partial charge in [-0.15, -0.1) is 0 Å². The SMILES string of the molecule is COc1cc(C2C(C#N)=C(N)Oc3cc(OC(=O)COc4ccccc4[N+](=O)[O-])ccc32)ccc1OCCC(C)C. The number of benzene rings is 3. The minimum absolute atomic E-state index is 0.0558. The summed E-state index contributed by atoms with van der Waals surface area (Å²) >= 11 is 0. The Labute approximate surface area is 236 Å². The summed E-state index contributed by atoms with van der Waals surface area (Å²) in [6, 6.07) is 18.0. The smallest absolute Gasteiger partial charge is 0.349 e. The molecular formula is C30H29N3O8. The Balaban J connectivity index is 1.55. The summed E-state index contributed by atoms with van der Waals surface area (Å²) in [6.45, 7) is 4.21. The van der Waals surface area contributed by atoms with E-state index in [1.165, 1.54) is 24.3 Å². The summed E-state index contributed by atoms with van der Waals surface area (Å²) < 4.78 is 27.8. The molecule has 212 valence electrons. The number of methoxy groups -OCH3 is 1. The molecule has 3 aromatic carbocycles. The number of nitrogens with zero attached hydrogens (tertiary/aromatic N) is 2. The van der Waals surface area contributed by atoms with Gasteiger partial charge in [0.2, 0.25) is 5.88 Å². The Morgan fingerprint density at radius 3 is 2.59 bits per heavy atom. The largest absolute Gasteiger partial charge is 0.493 e. The molecule has 0 aromatic heterocycles. The first kappa shape index (κ1) is 28.8. The fraction of sp³-hybridized carbons (Fsp3) is 0.267. The van der Waals surface area contributed by atoms with E-state index in [9.17, 15) is 20.2 Å². The molecule has 1 heterocycles. The minimum atomic E-state index is -0.783. The highest BCUT2D eigenvalue weighted by atomic mass is 16.6. The van der Waals surface area contributed by atoms with Crippen LogP contribution >= 0.6 is 0 Å². The predicted octanol–water partition coefficient (Wildman–Crippen LogP) is 5.23. The van der Waals surface area contributed by atoms with Crippen molar-refractivity contribution in [3.63, 3.8) is 0 Å². The van der Waals surface area contributed by atoms with Crippen LogP contribution in [-0.2, 0) is 4.79 Å². The number of carbonyl (C=O) groups excluding carboxylic acids is 1. The number of esters is 1. The summed E-state index contributed by atoms with van der Waals surface area (Å²) in [4.78, 5) is 23.0. The number of rotatable bonds is 11. The molecule has 0 bridgehead atoms.